The third-order valence-electron chi connectivity index (χ3n) is 9.01. The number of Topliss-reactive ketones (excluding diaryl/α,β-unsaturated/α-hetero) is 1. The number of fused-ring (bicyclic) bond motifs is 5. The van der Waals surface area contributed by atoms with Gasteiger partial charge in [0, 0.05) is 18.8 Å². The largest absolute Gasteiger partial charge is 0.458 e. The third kappa shape index (κ3) is 2.78. The summed E-state index contributed by atoms with van der Waals surface area (Å²) in [5.74, 6) is -0.237. The van der Waals surface area contributed by atoms with E-state index in [0.717, 1.165) is 25.7 Å². The van der Waals surface area contributed by atoms with Crippen LogP contribution in [0.5, 0.6) is 0 Å². The summed E-state index contributed by atoms with van der Waals surface area (Å²) in [5.41, 5.74) is -1.38. The van der Waals surface area contributed by atoms with Crippen molar-refractivity contribution in [2.45, 2.75) is 77.4 Å². The van der Waals surface area contributed by atoms with Crippen molar-refractivity contribution in [1.82, 2.24) is 0 Å². The van der Waals surface area contributed by atoms with Crippen LogP contribution in [-0.2, 0) is 19.1 Å². The second-order valence-corrected chi connectivity index (χ2v) is 10.1. The normalized spacial score (nSPS) is 46.2. The van der Waals surface area contributed by atoms with Gasteiger partial charge in [-0.15, -0.1) is 0 Å². The van der Waals surface area contributed by atoms with Gasteiger partial charge in [0.05, 0.1) is 6.10 Å². The number of aliphatic hydroxyl groups is 2. The maximum absolute atomic E-state index is 12.9. The Morgan fingerprint density at radius 3 is 2.59 bits per heavy atom. The van der Waals surface area contributed by atoms with Crippen LogP contribution in [0.4, 0.5) is 0 Å². The van der Waals surface area contributed by atoms with Gasteiger partial charge >= 0.3 is 5.97 Å². The molecule has 160 valence electrons. The first kappa shape index (κ1) is 20.7. The topological polar surface area (TPSA) is 101 Å². The van der Waals surface area contributed by atoms with Crippen LogP contribution in [-0.4, -0.2) is 46.1 Å². The number of ketones is 2. The molecule has 0 bridgehead atoms. The van der Waals surface area contributed by atoms with Gasteiger partial charge in [0.1, 0.15) is 0 Å². The van der Waals surface area contributed by atoms with Crippen molar-refractivity contribution >= 4 is 17.5 Å². The van der Waals surface area contributed by atoms with Crippen LogP contribution in [0.2, 0.25) is 0 Å². The van der Waals surface area contributed by atoms with E-state index < -0.39 is 35.5 Å². The molecule has 0 aromatic heterocycles. The highest BCUT2D eigenvalue weighted by Crippen LogP contribution is 2.67. The van der Waals surface area contributed by atoms with Crippen LogP contribution in [0, 0.1) is 28.6 Å². The second kappa shape index (κ2) is 6.74. The molecular weight excluding hydrogens is 372 g/mol. The van der Waals surface area contributed by atoms with Gasteiger partial charge in [-0.3, -0.25) is 14.4 Å². The van der Waals surface area contributed by atoms with E-state index in [9.17, 15) is 24.6 Å². The number of hydrogen-bond acceptors (Lipinski definition) is 6. The Labute approximate surface area is 171 Å². The van der Waals surface area contributed by atoms with Crippen molar-refractivity contribution in [3.8, 4) is 0 Å². The molecule has 0 saturated heterocycles. The van der Waals surface area contributed by atoms with Crippen LogP contribution >= 0.6 is 0 Å². The van der Waals surface area contributed by atoms with Crippen LogP contribution in [0.15, 0.2) is 11.6 Å². The average molecular weight is 405 g/mol. The molecule has 0 aromatic carbocycles. The summed E-state index contributed by atoms with van der Waals surface area (Å²) in [7, 11) is 0. The van der Waals surface area contributed by atoms with E-state index in [-0.39, 0.29) is 17.1 Å². The van der Waals surface area contributed by atoms with Gasteiger partial charge in [-0.1, -0.05) is 19.4 Å². The fraction of sp³-hybridized carbons (Fsp3) is 0.783. The van der Waals surface area contributed by atoms with E-state index >= 15 is 0 Å². The summed E-state index contributed by atoms with van der Waals surface area (Å²) in [5, 5.41) is 22.3. The first-order chi connectivity index (χ1) is 13.5. The number of rotatable bonds is 3. The molecule has 0 spiro atoms. The lowest BCUT2D eigenvalue weighted by Gasteiger charge is -2.58. The van der Waals surface area contributed by atoms with Crippen LogP contribution in [0.3, 0.4) is 0 Å². The zero-order valence-corrected chi connectivity index (χ0v) is 17.6. The average Bonchev–Trinajstić information content (AvgIpc) is 2.88. The number of esters is 1. The standard InChI is InChI=1S/C23H32O6/c1-13(24)29-12-20(27)23(28)19(26)11-18-16-5-4-14-10-15(25)6-8-21(14,2)17(16)7-9-22(18,23)3/h10,16-19,26,28H,4-9,11-12H2,1-3H3. The molecule has 0 heterocycles. The summed E-state index contributed by atoms with van der Waals surface area (Å²) in [6.45, 7) is 4.91. The Morgan fingerprint density at radius 1 is 1.17 bits per heavy atom. The molecule has 7 atom stereocenters. The zero-order valence-electron chi connectivity index (χ0n) is 17.6. The van der Waals surface area contributed by atoms with E-state index in [2.05, 4.69) is 6.92 Å². The van der Waals surface area contributed by atoms with Crippen molar-refractivity contribution in [2.75, 3.05) is 6.61 Å². The number of hydrogen-bond donors (Lipinski definition) is 2. The van der Waals surface area contributed by atoms with Gasteiger partial charge in [-0.05, 0) is 67.8 Å². The Bertz CT molecular complexity index is 786. The summed E-state index contributed by atoms with van der Waals surface area (Å²) < 4.78 is 4.86. The van der Waals surface area contributed by atoms with Crippen molar-refractivity contribution in [3.63, 3.8) is 0 Å². The fourth-order valence-electron chi connectivity index (χ4n) is 7.36. The first-order valence-electron chi connectivity index (χ1n) is 10.8. The lowest BCUT2D eigenvalue weighted by atomic mass is 9.46. The first-order valence-corrected chi connectivity index (χ1v) is 10.8. The number of allylic oxidation sites excluding steroid dienone is 1. The molecule has 6 heteroatoms. The van der Waals surface area contributed by atoms with E-state index in [1.165, 1.54) is 12.5 Å². The molecule has 4 aliphatic carbocycles. The summed E-state index contributed by atoms with van der Waals surface area (Å²) >= 11 is 0. The van der Waals surface area contributed by atoms with Gasteiger partial charge in [-0.2, -0.15) is 0 Å². The van der Waals surface area contributed by atoms with Crippen molar-refractivity contribution in [3.05, 3.63) is 11.6 Å². The SMILES string of the molecule is CC(=O)OCC(=O)C1(O)C(O)CC2C3CCC4=CC(=O)CCC4(C)C3CCC21C. The maximum Gasteiger partial charge on any atom is 0.303 e. The van der Waals surface area contributed by atoms with Crippen molar-refractivity contribution < 1.29 is 29.3 Å². The predicted octanol–water partition coefficient (Wildman–Crippen LogP) is 2.35. The molecule has 4 aliphatic rings. The highest BCUT2D eigenvalue weighted by molar-refractivity contribution is 5.92. The number of ether oxygens (including phenoxy) is 1. The van der Waals surface area contributed by atoms with E-state index in [1.807, 2.05) is 13.0 Å². The minimum atomic E-state index is -1.89. The molecule has 7 unspecified atom stereocenters. The molecule has 3 saturated carbocycles. The molecule has 6 nitrogen and oxygen atoms in total. The number of carbonyl (C=O) groups excluding carboxylic acids is 3. The third-order valence-corrected chi connectivity index (χ3v) is 9.01. The molecule has 0 amide bonds. The Balaban J connectivity index is 1.64. The summed E-state index contributed by atoms with van der Waals surface area (Å²) in [4.78, 5) is 36.0. The van der Waals surface area contributed by atoms with E-state index in [1.54, 1.807) is 0 Å². The van der Waals surface area contributed by atoms with Crippen LogP contribution in [0.25, 0.3) is 0 Å². The molecule has 3 fully saturated rings. The van der Waals surface area contributed by atoms with Gasteiger partial charge in [0.15, 0.2) is 18.0 Å². The molecule has 29 heavy (non-hydrogen) atoms. The van der Waals surface area contributed by atoms with E-state index in [4.69, 9.17) is 4.74 Å². The predicted molar refractivity (Wildman–Crippen MR) is 105 cm³/mol. The van der Waals surface area contributed by atoms with Crippen LogP contribution < -0.4 is 0 Å². The van der Waals surface area contributed by atoms with E-state index in [0.29, 0.717) is 31.1 Å². The molecule has 4 rings (SSSR count). The van der Waals surface area contributed by atoms with Crippen molar-refractivity contribution in [1.29, 1.82) is 0 Å². The highest BCUT2D eigenvalue weighted by Gasteiger charge is 2.69. The maximum atomic E-state index is 12.9. The molecule has 2 N–H and O–H groups in total. The van der Waals surface area contributed by atoms with Gasteiger partial charge in [0.25, 0.3) is 0 Å². The minimum absolute atomic E-state index is 0.00837. The zero-order chi connectivity index (χ0) is 21.2. The van der Waals surface area contributed by atoms with Gasteiger partial charge in [-0.25, -0.2) is 0 Å². The van der Waals surface area contributed by atoms with Crippen LogP contribution in [0.1, 0.15) is 65.7 Å². The lowest BCUT2D eigenvalue weighted by molar-refractivity contribution is -0.181. The quantitative estimate of drug-likeness (QED) is 0.701. The Kier molecular flexibility index (Phi) is 4.82. The Hall–Kier alpha value is -1.53. The fourth-order valence-corrected chi connectivity index (χ4v) is 7.36. The summed E-state index contributed by atoms with van der Waals surface area (Å²) in [6, 6.07) is 0. The highest BCUT2D eigenvalue weighted by atomic mass is 16.5. The lowest BCUT2D eigenvalue weighted by Crippen LogP contribution is -2.61. The second-order valence-electron chi connectivity index (χ2n) is 10.1. The molecular formula is C23H32O6. The minimum Gasteiger partial charge on any atom is -0.458 e. The monoisotopic (exact) mass is 404 g/mol. The molecule has 0 radical (unpaired) electrons. The van der Waals surface area contributed by atoms with Crippen molar-refractivity contribution in [2.24, 2.45) is 28.6 Å². The molecule has 0 aromatic rings. The number of carbonyl (C=O) groups is 3. The summed E-state index contributed by atoms with van der Waals surface area (Å²) in [6.07, 6.45) is 5.80. The van der Waals surface area contributed by atoms with Gasteiger partial charge < -0.3 is 14.9 Å². The smallest absolute Gasteiger partial charge is 0.303 e. The number of aliphatic hydroxyl groups excluding tert-OH is 1. The molecule has 0 aliphatic heterocycles. The van der Waals surface area contributed by atoms with Gasteiger partial charge in [0.2, 0.25) is 5.78 Å². The Morgan fingerprint density at radius 2 is 1.90 bits per heavy atom.